The van der Waals surface area contributed by atoms with Gasteiger partial charge < -0.3 is 30.3 Å². The predicted molar refractivity (Wildman–Crippen MR) is 81.6 cm³/mol. The smallest absolute Gasteiger partial charge is 0.132 e. The molecule has 0 radical (unpaired) electrons. The molecule has 6 unspecified atom stereocenters. The summed E-state index contributed by atoms with van der Waals surface area (Å²) >= 11 is 0. The SMILES string of the molecule is CC.CC(O)C1C(O)C(CO)C(Oc2ccc(O)cc2)C1O. The highest BCUT2D eigenvalue weighted by Gasteiger charge is 2.52. The van der Waals surface area contributed by atoms with E-state index in [1.54, 1.807) is 0 Å². The summed E-state index contributed by atoms with van der Waals surface area (Å²) in [5, 5.41) is 48.5. The molecule has 0 spiro atoms. The van der Waals surface area contributed by atoms with Crippen LogP contribution in [0, 0.1) is 11.8 Å². The highest BCUT2D eigenvalue weighted by Crippen LogP contribution is 2.37. The van der Waals surface area contributed by atoms with Crippen molar-refractivity contribution >= 4 is 0 Å². The van der Waals surface area contributed by atoms with E-state index in [1.165, 1.54) is 31.2 Å². The fraction of sp³-hybridized carbons (Fsp3) is 0.625. The van der Waals surface area contributed by atoms with E-state index < -0.39 is 36.3 Å². The largest absolute Gasteiger partial charge is 0.508 e. The van der Waals surface area contributed by atoms with Gasteiger partial charge in [0.05, 0.1) is 24.9 Å². The molecule has 1 aromatic rings. The second-order valence-corrected chi connectivity index (χ2v) is 5.22. The molecule has 6 heteroatoms. The zero-order valence-corrected chi connectivity index (χ0v) is 13.1. The Labute approximate surface area is 130 Å². The van der Waals surface area contributed by atoms with Gasteiger partial charge in [-0.25, -0.2) is 0 Å². The van der Waals surface area contributed by atoms with Crippen molar-refractivity contribution in [3.63, 3.8) is 0 Å². The summed E-state index contributed by atoms with van der Waals surface area (Å²) in [6.07, 6.45) is -3.87. The van der Waals surface area contributed by atoms with Crippen molar-refractivity contribution in [2.24, 2.45) is 11.8 Å². The van der Waals surface area contributed by atoms with Gasteiger partial charge in [0.1, 0.15) is 17.6 Å². The number of rotatable bonds is 4. The van der Waals surface area contributed by atoms with Gasteiger partial charge in [-0.05, 0) is 31.2 Å². The van der Waals surface area contributed by atoms with Gasteiger partial charge in [-0.1, -0.05) is 13.8 Å². The van der Waals surface area contributed by atoms with Crippen LogP contribution in [0.5, 0.6) is 11.5 Å². The predicted octanol–water partition coefficient (Wildman–Crippen LogP) is 0.507. The molecule has 0 saturated heterocycles. The molecule has 0 aliphatic heterocycles. The maximum Gasteiger partial charge on any atom is 0.132 e. The van der Waals surface area contributed by atoms with Gasteiger partial charge in [0.25, 0.3) is 0 Å². The Bertz CT molecular complexity index is 433. The van der Waals surface area contributed by atoms with Crippen LogP contribution in [-0.2, 0) is 0 Å². The molecule has 1 saturated carbocycles. The first kappa shape index (κ1) is 18.7. The van der Waals surface area contributed by atoms with Crippen molar-refractivity contribution in [2.45, 2.75) is 45.2 Å². The molecule has 126 valence electrons. The zero-order chi connectivity index (χ0) is 16.9. The summed E-state index contributed by atoms with van der Waals surface area (Å²) in [6.45, 7) is 5.12. The minimum atomic E-state index is -1.09. The van der Waals surface area contributed by atoms with E-state index in [1.807, 2.05) is 13.8 Å². The van der Waals surface area contributed by atoms with E-state index >= 15 is 0 Å². The maximum absolute atomic E-state index is 10.2. The third-order valence-electron chi connectivity index (χ3n) is 3.86. The second kappa shape index (κ2) is 8.33. The fourth-order valence-electron chi connectivity index (χ4n) is 2.78. The molecule has 6 nitrogen and oxygen atoms in total. The number of phenolic OH excluding ortho intramolecular Hbond substituents is 1. The summed E-state index contributed by atoms with van der Waals surface area (Å²) in [4.78, 5) is 0. The van der Waals surface area contributed by atoms with Crippen LogP contribution >= 0.6 is 0 Å². The lowest BCUT2D eigenvalue weighted by Gasteiger charge is -2.23. The van der Waals surface area contributed by atoms with Crippen LogP contribution in [0.1, 0.15) is 20.8 Å². The van der Waals surface area contributed by atoms with E-state index in [-0.39, 0.29) is 12.4 Å². The first-order chi connectivity index (χ1) is 10.5. The molecule has 5 N–H and O–H groups in total. The topological polar surface area (TPSA) is 110 Å². The summed E-state index contributed by atoms with van der Waals surface area (Å²) in [5.41, 5.74) is 0. The molecular weight excluding hydrogens is 288 g/mol. The monoisotopic (exact) mass is 314 g/mol. The van der Waals surface area contributed by atoms with E-state index in [0.29, 0.717) is 5.75 Å². The molecule has 2 rings (SSSR count). The number of hydrogen-bond donors (Lipinski definition) is 5. The molecule has 1 aliphatic carbocycles. The molecule has 0 amide bonds. The number of phenols is 1. The Morgan fingerprint density at radius 1 is 1.09 bits per heavy atom. The lowest BCUT2D eigenvalue weighted by Crippen LogP contribution is -2.37. The van der Waals surface area contributed by atoms with Gasteiger partial charge in [0.15, 0.2) is 0 Å². The number of aromatic hydroxyl groups is 1. The minimum Gasteiger partial charge on any atom is -0.508 e. The van der Waals surface area contributed by atoms with Crippen LogP contribution in [0.3, 0.4) is 0 Å². The summed E-state index contributed by atoms with van der Waals surface area (Å²) in [7, 11) is 0. The molecular formula is C16H26O6. The zero-order valence-electron chi connectivity index (χ0n) is 13.1. The first-order valence-electron chi connectivity index (χ1n) is 7.56. The van der Waals surface area contributed by atoms with Crippen molar-refractivity contribution in [2.75, 3.05) is 6.61 Å². The molecule has 0 bridgehead atoms. The lowest BCUT2D eigenvalue weighted by molar-refractivity contribution is -0.0305. The third-order valence-corrected chi connectivity index (χ3v) is 3.86. The molecule has 1 aromatic carbocycles. The Hall–Kier alpha value is -1.34. The van der Waals surface area contributed by atoms with Crippen LogP contribution < -0.4 is 4.74 Å². The number of ether oxygens (including phenoxy) is 1. The van der Waals surface area contributed by atoms with Crippen LogP contribution in [0.25, 0.3) is 0 Å². The number of aliphatic hydroxyl groups is 4. The Balaban J connectivity index is 0.00000116. The van der Waals surface area contributed by atoms with Gasteiger partial charge in [0, 0.05) is 11.8 Å². The van der Waals surface area contributed by atoms with Crippen molar-refractivity contribution in [3.05, 3.63) is 24.3 Å². The van der Waals surface area contributed by atoms with Crippen molar-refractivity contribution in [3.8, 4) is 11.5 Å². The van der Waals surface area contributed by atoms with Crippen molar-refractivity contribution < 1.29 is 30.3 Å². The van der Waals surface area contributed by atoms with E-state index in [9.17, 15) is 25.5 Å². The number of aliphatic hydroxyl groups excluding tert-OH is 4. The molecule has 1 fully saturated rings. The van der Waals surface area contributed by atoms with Gasteiger partial charge >= 0.3 is 0 Å². The Morgan fingerprint density at radius 2 is 1.64 bits per heavy atom. The summed E-state index contributed by atoms with van der Waals surface area (Å²) in [6, 6.07) is 5.93. The Morgan fingerprint density at radius 3 is 2.09 bits per heavy atom. The minimum absolute atomic E-state index is 0.0879. The van der Waals surface area contributed by atoms with Crippen molar-refractivity contribution in [1.29, 1.82) is 0 Å². The fourth-order valence-corrected chi connectivity index (χ4v) is 2.78. The maximum atomic E-state index is 10.2. The highest BCUT2D eigenvalue weighted by molar-refractivity contribution is 5.30. The second-order valence-electron chi connectivity index (χ2n) is 5.22. The van der Waals surface area contributed by atoms with Crippen molar-refractivity contribution in [1.82, 2.24) is 0 Å². The number of benzene rings is 1. The molecule has 0 aromatic heterocycles. The molecule has 1 aliphatic rings. The highest BCUT2D eigenvalue weighted by atomic mass is 16.5. The first-order valence-corrected chi connectivity index (χ1v) is 7.56. The van der Waals surface area contributed by atoms with Gasteiger partial charge in [-0.2, -0.15) is 0 Å². The standard InChI is InChI=1S/C14H20O6.C2H6/c1-7(16)11-12(18)10(6-15)14(13(11)19)20-9-4-2-8(17)3-5-9;1-2/h2-5,7,10-19H,6H2,1H3;1-2H3. The van der Waals surface area contributed by atoms with E-state index in [0.717, 1.165) is 0 Å². The third kappa shape index (κ3) is 3.89. The summed E-state index contributed by atoms with van der Waals surface area (Å²) in [5.74, 6) is -0.957. The van der Waals surface area contributed by atoms with E-state index in [2.05, 4.69) is 0 Å². The average molecular weight is 314 g/mol. The normalized spacial score (nSPS) is 32.0. The molecule has 22 heavy (non-hydrogen) atoms. The van der Waals surface area contributed by atoms with Gasteiger partial charge in [-0.3, -0.25) is 0 Å². The quantitative estimate of drug-likeness (QED) is 0.554. The number of hydrogen-bond acceptors (Lipinski definition) is 6. The average Bonchev–Trinajstić information content (AvgIpc) is 2.74. The summed E-state index contributed by atoms with van der Waals surface area (Å²) < 4.78 is 5.60. The van der Waals surface area contributed by atoms with Crippen LogP contribution in [0.2, 0.25) is 0 Å². The van der Waals surface area contributed by atoms with Crippen LogP contribution in [-0.4, -0.2) is 56.6 Å². The van der Waals surface area contributed by atoms with Gasteiger partial charge in [-0.15, -0.1) is 0 Å². The molecule has 6 atom stereocenters. The Kier molecular flexibility index (Phi) is 7.09. The molecule has 0 heterocycles. The van der Waals surface area contributed by atoms with E-state index in [4.69, 9.17) is 4.74 Å². The van der Waals surface area contributed by atoms with Crippen LogP contribution in [0.4, 0.5) is 0 Å². The van der Waals surface area contributed by atoms with Gasteiger partial charge in [0.2, 0.25) is 0 Å². The van der Waals surface area contributed by atoms with Crippen LogP contribution in [0.15, 0.2) is 24.3 Å². The lowest BCUT2D eigenvalue weighted by atomic mass is 9.96.